The number of benzene rings is 3. The first-order valence-electron chi connectivity index (χ1n) is 18.7. The Kier molecular flexibility index (Phi) is 14.5. The molecule has 0 unspecified atom stereocenters. The number of nitrogens with zero attached hydrogens (tertiary/aromatic N) is 4. The Morgan fingerprint density at radius 3 is 2.19 bits per heavy atom. The topological polar surface area (TPSA) is 156 Å². The van der Waals surface area contributed by atoms with Crippen LogP contribution in [0.25, 0.3) is 10.2 Å². The highest BCUT2D eigenvalue weighted by Crippen LogP contribution is 2.35. The summed E-state index contributed by atoms with van der Waals surface area (Å²) < 4.78 is 28.4. The molecule has 5 aromatic rings. The summed E-state index contributed by atoms with van der Waals surface area (Å²) in [5.74, 6) is 0.122. The number of anilines is 2. The van der Waals surface area contributed by atoms with Gasteiger partial charge in [-0.25, -0.2) is 14.8 Å². The number of esters is 3. The summed E-state index contributed by atoms with van der Waals surface area (Å²) in [6, 6.07) is 24.7. The quantitative estimate of drug-likeness (QED) is 0.0150. The van der Waals surface area contributed by atoms with Crippen molar-refractivity contribution in [1.82, 2.24) is 9.97 Å². The number of aromatic nitrogens is 2. The molecule has 0 saturated heterocycles. The smallest absolute Gasteiger partial charge is 0.330 e. The number of hydrogen-bond donors (Lipinski definition) is 0. The van der Waals surface area contributed by atoms with Crippen LogP contribution in [0.4, 0.5) is 10.9 Å². The Balaban J connectivity index is 1.01. The first-order chi connectivity index (χ1) is 27.9. The molecular formula is C43H42N4O9S. The van der Waals surface area contributed by atoms with Gasteiger partial charge < -0.3 is 23.7 Å². The molecule has 3 aromatic carbocycles. The summed E-state index contributed by atoms with van der Waals surface area (Å²) in [7, 11) is 0. The van der Waals surface area contributed by atoms with Gasteiger partial charge in [-0.15, -0.1) is 0 Å². The zero-order chi connectivity index (χ0) is 39.8. The van der Waals surface area contributed by atoms with E-state index in [2.05, 4.69) is 11.6 Å². The standard InChI is InChI=1S/C43H42N4O9S/c1-2-40(49)53-26-10-4-3-9-25-52-33-18-20-34(21-19-33)55-41(50)30-14-16-31(17-15-30)42(51)56-37-23-22-35(54-29-48)27-32(37)28-45-47(39-13-7-8-24-44-39)43-46-36-11-5-6-12-38(36)57-43/h2,5-8,11-13,18-24,27-31H,1,3-4,9-10,14-17,25-26H2/b45-28+/t30-,31-. The number of unbranched alkanes of at least 4 members (excludes halogenated alkanes) is 3. The average Bonchev–Trinajstić information content (AvgIpc) is 3.67. The van der Waals surface area contributed by atoms with Crippen LogP contribution >= 0.6 is 11.3 Å². The lowest BCUT2D eigenvalue weighted by Gasteiger charge is -2.26. The van der Waals surface area contributed by atoms with Crippen molar-refractivity contribution in [2.24, 2.45) is 16.9 Å². The second kappa shape index (κ2) is 20.5. The molecule has 294 valence electrons. The fraction of sp³-hybridized carbons (Fsp3) is 0.279. The molecule has 14 heteroatoms. The maximum atomic E-state index is 13.5. The molecule has 0 bridgehead atoms. The van der Waals surface area contributed by atoms with Gasteiger partial charge in [-0.3, -0.25) is 14.4 Å². The number of hydrazone groups is 1. The van der Waals surface area contributed by atoms with Crippen LogP contribution in [0.15, 0.2) is 109 Å². The Labute approximate surface area is 333 Å². The number of fused-ring (bicyclic) bond motifs is 1. The molecule has 57 heavy (non-hydrogen) atoms. The van der Waals surface area contributed by atoms with Crippen molar-refractivity contribution < 1.29 is 42.9 Å². The molecule has 0 amide bonds. The molecule has 0 aliphatic heterocycles. The molecule has 2 heterocycles. The molecule has 0 spiro atoms. The normalized spacial score (nSPS) is 15.1. The SMILES string of the molecule is C=CC(=O)OCCCCCCOc1ccc(OC(=O)[C@H]2CC[C@H](C(=O)Oc3ccc(OC=O)cc3/C=N/N(c3ccccn3)c3nc4ccccc4s3)CC2)cc1. The van der Waals surface area contributed by atoms with Crippen LogP contribution in [0, 0.1) is 11.8 Å². The van der Waals surface area contributed by atoms with Crippen molar-refractivity contribution in [3.05, 3.63) is 109 Å². The lowest BCUT2D eigenvalue weighted by Crippen LogP contribution is -2.30. The highest BCUT2D eigenvalue weighted by atomic mass is 32.1. The average molecular weight is 791 g/mol. The number of thiazole rings is 1. The first-order valence-corrected chi connectivity index (χ1v) is 19.5. The molecule has 2 aromatic heterocycles. The van der Waals surface area contributed by atoms with E-state index in [1.54, 1.807) is 59.7 Å². The van der Waals surface area contributed by atoms with E-state index < -0.39 is 17.9 Å². The van der Waals surface area contributed by atoms with Crippen LogP contribution in [-0.2, 0) is 23.9 Å². The summed E-state index contributed by atoms with van der Waals surface area (Å²) in [6.45, 7) is 4.62. The van der Waals surface area contributed by atoms with E-state index in [1.165, 1.54) is 23.6 Å². The fourth-order valence-corrected chi connectivity index (χ4v) is 7.08. The van der Waals surface area contributed by atoms with Gasteiger partial charge in [0, 0.05) is 17.8 Å². The number of rotatable bonds is 19. The summed E-state index contributed by atoms with van der Waals surface area (Å²) in [5.41, 5.74) is 1.20. The second-order valence-electron chi connectivity index (χ2n) is 13.1. The summed E-state index contributed by atoms with van der Waals surface area (Å²) in [4.78, 5) is 57.9. The number of hydrogen-bond acceptors (Lipinski definition) is 14. The first kappa shape index (κ1) is 40.3. The van der Waals surface area contributed by atoms with E-state index >= 15 is 0 Å². The predicted octanol–water partition coefficient (Wildman–Crippen LogP) is 8.38. The summed E-state index contributed by atoms with van der Waals surface area (Å²) in [6.07, 6.45) is 9.67. The van der Waals surface area contributed by atoms with Gasteiger partial charge in [-0.2, -0.15) is 10.1 Å². The highest BCUT2D eigenvalue weighted by Gasteiger charge is 2.32. The Bertz CT molecular complexity index is 2130. The highest BCUT2D eigenvalue weighted by molar-refractivity contribution is 7.22. The van der Waals surface area contributed by atoms with Gasteiger partial charge in [0.05, 0.1) is 41.5 Å². The van der Waals surface area contributed by atoms with Crippen LogP contribution in [-0.4, -0.2) is 53.8 Å². The number of para-hydroxylation sites is 1. The fourth-order valence-electron chi connectivity index (χ4n) is 6.14. The van der Waals surface area contributed by atoms with E-state index in [-0.39, 0.29) is 23.4 Å². The second-order valence-corrected chi connectivity index (χ2v) is 14.1. The van der Waals surface area contributed by atoms with E-state index in [1.807, 2.05) is 30.3 Å². The van der Waals surface area contributed by atoms with Crippen molar-refractivity contribution in [2.45, 2.75) is 51.4 Å². The third-order valence-corrected chi connectivity index (χ3v) is 10.2. The minimum absolute atomic E-state index is 0.227. The largest absolute Gasteiger partial charge is 0.494 e. The van der Waals surface area contributed by atoms with Crippen molar-refractivity contribution in [3.8, 4) is 23.0 Å². The molecule has 0 atom stereocenters. The Morgan fingerprint density at radius 1 is 0.807 bits per heavy atom. The summed E-state index contributed by atoms with van der Waals surface area (Å²) in [5, 5.41) is 6.87. The van der Waals surface area contributed by atoms with E-state index in [4.69, 9.17) is 33.8 Å². The molecule has 13 nitrogen and oxygen atoms in total. The van der Waals surface area contributed by atoms with Gasteiger partial charge in [-0.1, -0.05) is 36.1 Å². The third-order valence-electron chi connectivity index (χ3n) is 9.17. The molecule has 0 radical (unpaired) electrons. The van der Waals surface area contributed by atoms with Crippen LogP contribution < -0.4 is 24.0 Å². The number of carbonyl (C=O) groups excluding carboxylic acids is 4. The zero-order valence-electron chi connectivity index (χ0n) is 31.2. The molecule has 1 fully saturated rings. The van der Waals surface area contributed by atoms with E-state index in [0.717, 1.165) is 42.0 Å². The molecule has 1 aliphatic carbocycles. The number of pyridine rings is 1. The van der Waals surface area contributed by atoms with Gasteiger partial charge in [0.15, 0.2) is 5.82 Å². The van der Waals surface area contributed by atoms with Crippen molar-refractivity contribution >= 4 is 63.1 Å². The van der Waals surface area contributed by atoms with Gasteiger partial charge in [0.25, 0.3) is 6.47 Å². The molecular weight excluding hydrogens is 749 g/mol. The maximum absolute atomic E-state index is 13.5. The van der Waals surface area contributed by atoms with E-state index in [9.17, 15) is 19.2 Å². The van der Waals surface area contributed by atoms with Gasteiger partial charge >= 0.3 is 17.9 Å². The van der Waals surface area contributed by atoms with Gasteiger partial charge in [0.2, 0.25) is 5.13 Å². The Hall–Kier alpha value is -6.41. The monoisotopic (exact) mass is 790 g/mol. The third kappa shape index (κ3) is 11.6. The van der Waals surface area contributed by atoms with Crippen LogP contribution in [0.1, 0.15) is 56.9 Å². The molecule has 1 saturated carbocycles. The summed E-state index contributed by atoms with van der Waals surface area (Å²) >= 11 is 1.45. The molecule has 1 aliphatic rings. The van der Waals surface area contributed by atoms with Crippen LogP contribution in [0.2, 0.25) is 0 Å². The van der Waals surface area contributed by atoms with Crippen molar-refractivity contribution in [3.63, 3.8) is 0 Å². The van der Waals surface area contributed by atoms with Crippen LogP contribution in [0.3, 0.4) is 0 Å². The minimum atomic E-state index is -0.433. The minimum Gasteiger partial charge on any atom is -0.494 e. The lowest BCUT2D eigenvalue weighted by atomic mass is 9.82. The zero-order valence-corrected chi connectivity index (χ0v) is 32.0. The van der Waals surface area contributed by atoms with Gasteiger partial charge in [-0.05, 0) is 118 Å². The Morgan fingerprint density at radius 2 is 1.49 bits per heavy atom. The number of ether oxygens (including phenoxy) is 5. The maximum Gasteiger partial charge on any atom is 0.330 e. The van der Waals surface area contributed by atoms with Crippen molar-refractivity contribution in [1.29, 1.82) is 0 Å². The van der Waals surface area contributed by atoms with Crippen molar-refractivity contribution in [2.75, 3.05) is 18.2 Å². The number of carbonyl (C=O) groups is 4. The predicted molar refractivity (Wildman–Crippen MR) is 215 cm³/mol. The molecule has 6 rings (SSSR count). The lowest BCUT2D eigenvalue weighted by molar-refractivity contribution is -0.145. The van der Waals surface area contributed by atoms with Crippen LogP contribution in [0.5, 0.6) is 23.0 Å². The molecule has 0 N–H and O–H groups in total. The van der Waals surface area contributed by atoms with E-state index in [0.29, 0.717) is 73.4 Å². The van der Waals surface area contributed by atoms with Gasteiger partial charge in [0.1, 0.15) is 23.0 Å².